The summed E-state index contributed by atoms with van der Waals surface area (Å²) >= 11 is 0. The second-order valence-corrected chi connectivity index (χ2v) is 13.9. The van der Waals surface area contributed by atoms with E-state index in [4.69, 9.17) is 5.53 Å². The van der Waals surface area contributed by atoms with Gasteiger partial charge in [-0.15, -0.1) is 0 Å². The SMILES string of the molecule is CC(=O)c1ccc(S(=O)(=O)c2ccc(S(=O)(=O)N(CC(C)C)CC(O)[C@H](Cc3ccc(O)cc3)N=[N+]=[N-])cc2)cc1. The molecule has 0 aliphatic rings. The van der Waals surface area contributed by atoms with Gasteiger partial charge >= 0.3 is 0 Å². The highest BCUT2D eigenvalue weighted by molar-refractivity contribution is 7.91. The van der Waals surface area contributed by atoms with E-state index in [1.807, 2.05) is 13.8 Å². The van der Waals surface area contributed by atoms with Crippen LogP contribution in [-0.4, -0.2) is 62.4 Å². The number of Topliss-reactive ketones (excluding diaryl/α,β-unsaturated/α-hetero) is 1. The highest BCUT2D eigenvalue weighted by atomic mass is 32.2. The molecule has 3 rings (SSSR count). The zero-order valence-electron chi connectivity index (χ0n) is 22.8. The molecule has 11 nitrogen and oxygen atoms in total. The second kappa shape index (κ2) is 13.3. The quantitative estimate of drug-likeness (QED) is 0.127. The molecule has 0 aliphatic carbocycles. The predicted molar refractivity (Wildman–Crippen MR) is 153 cm³/mol. The van der Waals surface area contributed by atoms with Gasteiger partial charge in [-0.2, -0.15) is 4.31 Å². The van der Waals surface area contributed by atoms with Gasteiger partial charge in [0.1, 0.15) is 5.75 Å². The molecule has 0 aromatic heterocycles. The number of benzene rings is 3. The Balaban J connectivity index is 1.86. The first-order valence-corrected chi connectivity index (χ1v) is 15.6. The van der Waals surface area contributed by atoms with Crippen LogP contribution < -0.4 is 0 Å². The minimum atomic E-state index is -4.19. The van der Waals surface area contributed by atoms with E-state index in [1.165, 1.54) is 67.6 Å². The van der Waals surface area contributed by atoms with Crippen molar-refractivity contribution in [3.8, 4) is 5.75 Å². The third kappa shape index (κ3) is 7.93. The van der Waals surface area contributed by atoms with Gasteiger partial charge in [-0.25, -0.2) is 16.8 Å². The van der Waals surface area contributed by atoms with Crippen molar-refractivity contribution in [1.29, 1.82) is 0 Å². The molecule has 0 saturated carbocycles. The van der Waals surface area contributed by atoms with Crippen molar-refractivity contribution >= 4 is 25.6 Å². The number of ketones is 1. The number of nitrogens with zero attached hydrogens (tertiary/aromatic N) is 4. The largest absolute Gasteiger partial charge is 0.508 e. The molecule has 0 saturated heterocycles. The van der Waals surface area contributed by atoms with Gasteiger partial charge in [0, 0.05) is 23.6 Å². The Hall–Kier alpha value is -3.74. The van der Waals surface area contributed by atoms with E-state index in [0.717, 1.165) is 4.31 Å². The van der Waals surface area contributed by atoms with E-state index in [1.54, 1.807) is 12.1 Å². The topological polar surface area (TPSA) is 178 Å². The number of aliphatic hydroxyl groups excluding tert-OH is 1. The summed E-state index contributed by atoms with van der Waals surface area (Å²) in [7, 11) is -8.16. The lowest BCUT2D eigenvalue weighted by molar-refractivity contribution is 0.101. The molecule has 0 radical (unpaired) electrons. The predicted octanol–water partition coefficient (Wildman–Crippen LogP) is 4.36. The minimum Gasteiger partial charge on any atom is -0.508 e. The van der Waals surface area contributed by atoms with Crippen LogP contribution in [0.5, 0.6) is 5.75 Å². The third-order valence-corrected chi connectivity index (χ3v) is 9.96. The number of phenols is 1. The second-order valence-electron chi connectivity index (χ2n) is 9.98. The Morgan fingerprint density at radius 1 is 0.878 bits per heavy atom. The Morgan fingerprint density at radius 3 is 1.88 bits per heavy atom. The Kier molecular flexibility index (Phi) is 10.3. The van der Waals surface area contributed by atoms with Crippen molar-refractivity contribution in [2.75, 3.05) is 13.1 Å². The molecule has 13 heteroatoms. The van der Waals surface area contributed by atoms with E-state index in [9.17, 15) is 31.8 Å². The number of phenolic OH excluding ortho intramolecular Hbond substituents is 1. The maximum atomic E-state index is 13.6. The van der Waals surface area contributed by atoms with Crippen molar-refractivity contribution in [2.45, 2.75) is 54.0 Å². The first-order chi connectivity index (χ1) is 19.2. The maximum absolute atomic E-state index is 13.6. The van der Waals surface area contributed by atoms with Crippen LogP contribution in [0.4, 0.5) is 0 Å². The molecule has 2 atom stereocenters. The van der Waals surface area contributed by atoms with Gasteiger partial charge in [0.2, 0.25) is 19.9 Å². The lowest BCUT2D eigenvalue weighted by Gasteiger charge is -2.28. The van der Waals surface area contributed by atoms with Gasteiger partial charge in [0.15, 0.2) is 5.78 Å². The molecule has 0 amide bonds. The van der Waals surface area contributed by atoms with E-state index in [2.05, 4.69) is 10.0 Å². The van der Waals surface area contributed by atoms with Gasteiger partial charge in [-0.3, -0.25) is 4.79 Å². The summed E-state index contributed by atoms with van der Waals surface area (Å²) in [5.74, 6) is -0.274. The van der Waals surface area contributed by atoms with Crippen LogP contribution in [0.15, 0.2) is 92.6 Å². The lowest BCUT2D eigenvalue weighted by atomic mass is 10.0. The van der Waals surface area contributed by atoms with E-state index >= 15 is 0 Å². The van der Waals surface area contributed by atoms with E-state index < -0.39 is 32.0 Å². The summed E-state index contributed by atoms with van der Waals surface area (Å²) in [6.07, 6.45) is -1.24. The van der Waals surface area contributed by atoms with E-state index in [-0.39, 0.29) is 51.6 Å². The summed E-state index contributed by atoms with van der Waals surface area (Å²) in [6, 6.07) is 15.4. The van der Waals surface area contributed by atoms with Gasteiger partial charge in [-0.05, 0) is 78.9 Å². The van der Waals surface area contributed by atoms with E-state index in [0.29, 0.717) is 11.1 Å². The van der Waals surface area contributed by atoms with Gasteiger partial charge < -0.3 is 10.2 Å². The number of carbonyl (C=O) groups is 1. The molecule has 0 heterocycles. The molecule has 0 aliphatic heterocycles. The molecule has 2 N–H and O–H groups in total. The van der Waals surface area contributed by atoms with Gasteiger partial charge in [-0.1, -0.05) is 43.2 Å². The summed E-state index contributed by atoms with van der Waals surface area (Å²) < 4.78 is 54.5. The molecular weight excluding hydrogens is 568 g/mol. The van der Waals surface area contributed by atoms with Crippen molar-refractivity contribution in [1.82, 2.24) is 4.31 Å². The van der Waals surface area contributed by atoms with Crippen LogP contribution in [0.3, 0.4) is 0 Å². The highest BCUT2D eigenvalue weighted by Crippen LogP contribution is 2.25. The lowest BCUT2D eigenvalue weighted by Crippen LogP contribution is -2.43. The fraction of sp³-hybridized carbons (Fsp3) is 0.321. The number of sulfonamides is 1. The normalized spacial score (nSPS) is 13.5. The summed E-state index contributed by atoms with van der Waals surface area (Å²) in [4.78, 5) is 14.0. The van der Waals surface area contributed by atoms with Crippen LogP contribution >= 0.6 is 0 Å². The number of rotatable bonds is 13. The summed E-state index contributed by atoms with van der Waals surface area (Å²) in [5.41, 5.74) is 10.1. The number of carbonyl (C=O) groups excluding carboxylic acids is 1. The zero-order chi connectivity index (χ0) is 30.4. The fourth-order valence-corrected chi connectivity index (χ4v) is 7.03. The number of aromatic hydroxyl groups is 1. The monoisotopic (exact) mass is 600 g/mol. The Labute approximate surface area is 239 Å². The molecule has 3 aromatic rings. The molecule has 1 unspecified atom stereocenters. The van der Waals surface area contributed by atoms with Crippen molar-refractivity contribution in [2.24, 2.45) is 11.0 Å². The zero-order valence-corrected chi connectivity index (χ0v) is 24.5. The molecule has 0 spiro atoms. The van der Waals surface area contributed by atoms with Crippen molar-refractivity contribution < 1.29 is 31.8 Å². The average Bonchev–Trinajstić information content (AvgIpc) is 2.93. The highest BCUT2D eigenvalue weighted by Gasteiger charge is 2.31. The minimum absolute atomic E-state index is 0.0413. The number of hydrogen-bond acceptors (Lipinski definition) is 8. The first kappa shape index (κ1) is 31.8. The fourth-order valence-electron chi connectivity index (χ4n) is 4.15. The smallest absolute Gasteiger partial charge is 0.243 e. The van der Waals surface area contributed by atoms with Crippen LogP contribution in [0.25, 0.3) is 10.4 Å². The Morgan fingerprint density at radius 2 is 1.39 bits per heavy atom. The molecule has 0 fully saturated rings. The van der Waals surface area contributed by atoms with Crippen LogP contribution in [-0.2, 0) is 26.3 Å². The van der Waals surface area contributed by atoms with Crippen LogP contribution in [0, 0.1) is 5.92 Å². The third-order valence-electron chi connectivity index (χ3n) is 6.33. The number of aliphatic hydroxyl groups is 1. The van der Waals surface area contributed by atoms with Gasteiger partial charge in [0.05, 0.1) is 26.8 Å². The van der Waals surface area contributed by atoms with Gasteiger partial charge in [0.25, 0.3) is 0 Å². The molecule has 3 aromatic carbocycles. The molecule has 41 heavy (non-hydrogen) atoms. The molecule has 0 bridgehead atoms. The molecule has 218 valence electrons. The summed E-state index contributed by atoms with van der Waals surface area (Å²) in [5, 5.41) is 24.1. The first-order valence-electron chi connectivity index (χ1n) is 12.7. The van der Waals surface area contributed by atoms with Crippen LogP contribution in [0.2, 0.25) is 0 Å². The number of azide groups is 1. The standard InChI is InChI=1S/C28H32N4O7S2/c1-19(2)17-32(18-28(35)27(30-31-29)16-21-4-8-23(34)9-5-21)41(38,39)26-14-12-25(13-15-26)40(36,37)24-10-6-22(7-11-24)20(3)33/h4-15,19,27-28,34-35H,16-18H2,1-3H3/t27-,28?/m0/s1. The van der Waals surface area contributed by atoms with Crippen molar-refractivity contribution in [3.63, 3.8) is 0 Å². The number of hydrogen-bond donors (Lipinski definition) is 2. The van der Waals surface area contributed by atoms with Crippen molar-refractivity contribution in [3.05, 3.63) is 94.4 Å². The maximum Gasteiger partial charge on any atom is 0.243 e. The number of sulfone groups is 1. The molecular formula is C28H32N4O7S2. The average molecular weight is 601 g/mol. The Bertz CT molecular complexity index is 1620. The summed E-state index contributed by atoms with van der Waals surface area (Å²) in [6.45, 7) is 4.67. The van der Waals surface area contributed by atoms with Crippen LogP contribution in [0.1, 0.15) is 36.7 Å².